The van der Waals surface area contributed by atoms with Crippen LogP contribution in [0.2, 0.25) is 0 Å². The standard InChI is InChI=1S/C28H31N7O/c1-3-33-11-13-34(14-12-33)25-8-7-23(16-26(25)36-4-2)31-27-28-30-9-10-35(28)19-24(32-27)20-5-6-21-17-29-18-22(21)15-20/h5-10,15-17,19H,3-4,11-14,18H2,1-2H3,(H,31,32). The lowest BCUT2D eigenvalue weighted by atomic mass is 10.0. The molecule has 6 rings (SSSR count). The lowest BCUT2D eigenvalue weighted by molar-refractivity contribution is 0.269. The highest BCUT2D eigenvalue weighted by molar-refractivity contribution is 5.86. The third kappa shape index (κ3) is 4.28. The number of hydrogen-bond acceptors (Lipinski definition) is 7. The first kappa shape index (κ1) is 22.5. The number of imidazole rings is 1. The van der Waals surface area contributed by atoms with Crippen molar-refractivity contribution in [3.05, 3.63) is 66.1 Å². The Hall–Kier alpha value is -3.91. The molecule has 0 spiro atoms. The van der Waals surface area contributed by atoms with Crippen molar-refractivity contribution in [1.82, 2.24) is 19.3 Å². The maximum Gasteiger partial charge on any atom is 0.180 e. The average Bonchev–Trinajstić information content (AvgIpc) is 3.58. The number of aromatic nitrogens is 3. The zero-order valence-electron chi connectivity index (χ0n) is 20.8. The lowest BCUT2D eigenvalue weighted by Gasteiger charge is -2.36. The van der Waals surface area contributed by atoms with Gasteiger partial charge in [0.1, 0.15) is 5.75 Å². The molecule has 1 N–H and O–H groups in total. The quantitative estimate of drug-likeness (QED) is 0.416. The molecule has 0 amide bonds. The van der Waals surface area contributed by atoms with Gasteiger partial charge in [0.05, 0.1) is 24.5 Å². The van der Waals surface area contributed by atoms with E-state index in [0.29, 0.717) is 12.4 Å². The number of nitrogens with zero attached hydrogens (tertiary/aromatic N) is 6. The summed E-state index contributed by atoms with van der Waals surface area (Å²) in [6.45, 7) is 10.8. The highest BCUT2D eigenvalue weighted by Gasteiger charge is 2.20. The molecule has 4 heterocycles. The van der Waals surface area contributed by atoms with Crippen molar-refractivity contribution in [2.24, 2.45) is 4.99 Å². The molecule has 2 aliphatic heterocycles. The van der Waals surface area contributed by atoms with E-state index in [1.54, 1.807) is 6.20 Å². The van der Waals surface area contributed by atoms with Gasteiger partial charge in [-0.1, -0.05) is 19.1 Å². The number of rotatable bonds is 7. The summed E-state index contributed by atoms with van der Waals surface area (Å²) < 4.78 is 8.09. The molecule has 0 aliphatic carbocycles. The molecule has 184 valence electrons. The Bertz CT molecular complexity index is 1420. The molecule has 2 aromatic carbocycles. The van der Waals surface area contributed by atoms with Crippen LogP contribution in [0.15, 0.2) is 60.0 Å². The summed E-state index contributed by atoms with van der Waals surface area (Å²) in [4.78, 5) is 18.8. The summed E-state index contributed by atoms with van der Waals surface area (Å²) in [6.07, 6.45) is 7.71. The molecule has 1 fully saturated rings. The Labute approximate surface area is 211 Å². The third-order valence-electron chi connectivity index (χ3n) is 6.99. The van der Waals surface area contributed by atoms with Crippen molar-refractivity contribution in [2.75, 3.05) is 49.5 Å². The number of benzene rings is 2. The molecule has 8 heteroatoms. The summed E-state index contributed by atoms with van der Waals surface area (Å²) >= 11 is 0. The summed E-state index contributed by atoms with van der Waals surface area (Å²) in [5, 5.41) is 3.51. The summed E-state index contributed by atoms with van der Waals surface area (Å²) in [5.41, 5.74) is 7.20. The molecular weight excluding hydrogens is 450 g/mol. The van der Waals surface area contributed by atoms with E-state index >= 15 is 0 Å². The monoisotopic (exact) mass is 481 g/mol. The minimum Gasteiger partial charge on any atom is -0.492 e. The van der Waals surface area contributed by atoms with Crippen LogP contribution in [-0.2, 0) is 6.54 Å². The molecule has 0 atom stereocenters. The Kier molecular flexibility index (Phi) is 6.03. The van der Waals surface area contributed by atoms with Crippen molar-refractivity contribution in [3.8, 4) is 17.0 Å². The Balaban J connectivity index is 1.31. The topological polar surface area (TPSA) is 70.3 Å². The van der Waals surface area contributed by atoms with Crippen molar-refractivity contribution in [3.63, 3.8) is 0 Å². The Morgan fingerprint density at radius 2 is 1.92 bits per heavy atom. The molecule has 36 heavy (non-hydrogen) atoms. The molecule has 1 saturated heterocycles. The maximum absolute atomic E-state index is 6.08. The fourth-order valence-corrected chi connectivity index (χ4v) is 4.99. The third-order valence-corrected chi connectivity index (χ3v) is 6.99. The number of piperazine rings is 1. The van der Waals surface area contributed by atoms with E-state index < -0.39 is 0 Å². The number of anilines is 3. The van der Waals surface area contributed by atoms with Gasteiger partial charge >= 0.3 is 0 Å². The number of aliphatic imine (C=N–C) groups is 1. The minimum absolute atomic E-state index is 0.617. The van der Waals surface area contributed by atoms with E-state index in [0.717, 1.165) is 73.3 Å². The van der Waals surface area contributed by atoms with Crippen LogP contribution in [0.3, 0.4) is 0 Å². The number of hydrogen-bond donors (Lipinski definition) is 1. The van der Waals surface area contributed by atoms with E-state index in [-0.39, 0.29) is 0 Å². The molecular formula is C28H31N7O. The van der Waals surface area contributed by atoms with Gasteiger partial charge in [0.15, 0.2) is 11.5 Å². The van der Waals surface area contributed by atoms with Crippen molar-refractivity contribution < 1.29 is 4.74 Å². The van der Waals surface area contributed by atoms with Crippen molar-refractivity contribution >= 4 is 29.1 Å². The number of likely N-dealkylation sites (N-methyl/N-ethyl adjacent to an activating group) is 1. The normalized spacial score (nSPS) is 15.4. The largest absolute Gasteiger partial charge is 0.492 e. The summed E-state index contributed by atoms with van der Waals surface area (Å²) in [5.74, 6) is 1.60. The average molecular weight is 482 g/mol. The molecule has 2 aromatic heterocycles. The predicted octanol–water partition coefficient (Wildman–Crippen LogP) is 4.61. The smallest absolute Gasteiger partial charge is 0.180 e. The zero-order chi connectivity index (χ0) is 24.5. The molecule has 0 unspecified atom stereocenters. The van der Waals surface area contributed by atoms with Crippen molar-refractivity contribution in [1.29, 1.82) is 0 Å². The second-order valence-corrected chi connectivity index (χ2v) is 9.18. The first-order valence-electron chi connectivity index (χ1n) is 12.7. The first-order valence-corrected chi connectivity index (χ1v) is 12.7. The van der Waals surface area contributed by atoms with Crippen LogP contribution in [0.4, 0.5) is 17.2 Å². The molecule has 0 saturated carbocycles. The van der Waals surface area contributed by atoms with Crippen LogP contribution in [-0.4, -0.2) is 64.8 Å². The molecule has 0 radical (unpaired) electrons. The van der Waals surface area contributed by atoms with Crippen LogP contribution in [0.1, 0.15) is 25.0 Å². The second-order valence-electron chi connectivity index (χ2n) is 9.18. The number of fused-ring (bicyclic) bond motifs is 2. The molecule has 0 bridgehead atoms. The maximum atomic E-state index is 6.08. The van der Waals surface area contributed by atoms with Gasteiger partial charge < -0.3 is 24.3 Å². The van der Waals surface area contributed by atoms with Gasteiger partial charge in [-0.25, -0.2) is 9.97 Å². The minimum atomic E-state index is 0.617. The molecule has 8 nitrogen and oxygen atoms in total. The fourth-order valence-electron chi connectivity index (χ4n) is 4.99. The molecule has 2 aliphatic rings. The van der Waals surface area contributed by atoms with Crippen LogP contribution >= 0.6 is 0 Å². The van der Waals surface area contributed by atoms with E-state index in [4.69, 9.17) is 9.72 Å². The van der Waals surface area contributed by atoms with Gasteiger partial charge in [-0.15, -0.1) is 0 Å². The van der Waals surface area contributed by atoms with Gasteiger partial charge in [-0.05, 0) is 42.8 Å². The van der Waals surface area contributed by atoms with E-state index in [2.05, 4.69) is 68.4 Å². The van der Waals surface area contributed by atoms with E-state index in [9.17, 15) is 0 Å². The van der Waals surface area contributed by atoms with Crippen LogP contribution in [0.25, 0.3) is 16.9 Å². The van der Waals surface area contributed by atoms with Gasteiger partial charge in [0, 0.05) is 68.3 Å². The summed E-state index contributed by atoms with van der Waals surface area (Å²) in [7, 11) is 0. The highest BCUT2D eigenvalue weighted by Crippen LogP contribution is 2.34. The predicted molar refractivity (Wildman–Crippen MR) is 145 cm³/mol. The van der Waals surface area contributed by atoms with Gasteiger partial charge in [-0.3, -0.25) is 4.99 Å². The first-order chi connectivity index (χ1) is 17.7. The number of nitrogens with one attached hydrogen (secondary N) is 1. The zero-order valence-corrected chi connectivity index (χ0v) is 20.8. The fraction of sp³-hybridized carbons (Fsp3) is 0.321. The summed E-state index contributed by atoms with van der Waals surface area (Å²) in [6, 6.07) is 12.7. The van der Waals surface area contributed by atoms with Gasteiger partial charge in [0.25, 0.3) is 0 Å². The Morgan fingerprint density at radius 3 is 2.75 bits per heavy atom. The number of ether oxygens (including phenoxy) is 1. The van der Waals surface area contributed by atoms with Crippen LogP contribution in [0.5, 0.6) is 5.75 Å². The highest BCUT2D eigenvalue weighted by atomic mass is 16.5. The second kappa shape index (κ2) is 9.62. The molecule has 4 aromatic rings. The van der Waals surface area contributed by atoms with Crippen molar-refractivity contribution in [2.45, 2.75) is 20.4 Å². The lowest BCUT2D eigenvalue weighted by Crippen LogP contribution is -2.46. The van der Waals surface area contributed by atoms with Gasteiger partial charge in [-0.2, -0.15) is 0 Å². The Morgan fingerprint density at radius 1 is 1.03 bits per heavy atom. The van der Waals surface area contributed by atoms with Gasteiger partial charge in [0.2, 0.25) is 0 Å². The van der Waals surface area contributed by atoms with Crippen LogP contribution < -0.4 is 15.0 Å². The van der Waals surface area contributed by atoms with E-state index in [1.807, 2.05) is 29.9 Å². The van der Waals surface area contributed by atoms with Crippen LogP contribution in [0, 0.1) is 0 Å². The SMILES string of the molecule is CCOc1cc(Nc2nc(-c3ccc4c(c3)CN=C4)cn3ccnc23)ccc1N1CCN(CC)CC1. The van der Waals surface area contributed by atoms with E-state index in [1.165, 1.54) is 11.1 Å².